The van der Waals surface area contributed by atoms with Crippen LogP contribution < -0.4 is 17.2 Å². The SMILES string of the molecule is CC(=O)c1cc(F)c(N=C(N)N=C(N)N)c(F)c1. The summed E-state index contributed by atoms with van der Waals surface area (Å²) in [6.07, 6.45) is 0. The van der Waals surface area contributed by atoms with Gasteiger partial charge in [0.25, 0.3) is 0 Å². The van der Waals surface area contributed by atoms with Crippen LogP contribution in [0, 0.1) is 11.6 Å². The third-order valence-corrected chi connectivity index (χ3v) is 1.89. The maximum atomic E-state index is 13.5. The number of guanidine groups is 2. The van der Waals surface area contributed by atoms with Gasteiger partial charge in [0.2, 0.25) is 5.96 Å². The molecule has 0 atom stereocenters. The van der Waals surface area contributed by atoms with E-state index in [9.17, 15) is 13.6 Å². The maximum Gasteiger partial charge on any atom is 0.223 e. The van der Waals surface area contributed by atoms with Crippen LogP contribution in [-0.2, 0) is 0 Å². The van der Waals surface area contributed by atoms with Crippen molar-refractivity contribution in [1.29, 1.82) is 0 Å². The maximum absolute atomic E-state index is 13.5. The van der Waals surface area contributed by atoms with Gasteiger partial charge >= 0.3 is 0 Å². The van der Waals surface area contributed by atoms with E-state index in [0.29, 0.717) is 0 Å². The number of aliphatic imine (C=N–C) groups is 2. The normalized spacial score (nSPS) is 11.2. The fourth-order valence-corrected chi connectivity index (χ4v) is 1.15. The lowest BCUT2D eigenvalue weighted by atomic mass is 10.1. The molecule has 6 N–H and O–H groups in total. The number of carbonyl (C=O) groups excluding carboxylic acids is 1. The van der Waals surface area contributed by atoms with E-state index in [0.717, 1.165) is 12.1 Å². The molecule has 1 rings (SSSR count). The topological polar surface area (TPSA) is 120 Å². The van der Waals surface area contributed by atoms with Crippen molar-refractivity contribution >= 4 is 23.4 Å². The predicted molar refractivity (Wildman–Crippen MR) is 63.5 cm³/mol. The van der Waals surface area contributed by atoms with Crippen molar-refractivity contribution in [3.05, 3.63) is 29.3 Å². The predicted octanol–water partition coefficient (Wildman–Crippen LogP) is 0.387. The minimum atomic E-state index is -1.03. The molecule has 1 aromatic rings. The summed E-state index contributed by atoms with van der Waals surface area (Å²) >= 11 is 0. The number of rotatable bonds is 2. The first kappa shape index (κ1) is 13.6. The van der Waals surface area contributed by atoms with Crippen molar-refractivity contribution < 1.29 is 13.6 Å². The molecule has 0 aliphatic heterocycles. The molecular weight excluding hydrogens is 244 g/mol. The largest absolute Gasteiger partial charge is 0.370 e. The molecule has 8 heteroatoms. The Hall–Kier alpha value is -2.51. The Balaban J connectivity index is 3.27. The van der Waals surface area contributed by atoms with E-state index >= 15 is 0 Å². The van der Waals surface area contributed by atoms with Gasteiger partial charge in [0, 0.05) is 5.56 Å². The minimum Gasteiger partial charge on any atom is -0.370 e. The highest BCUT2D eigenvalue weighted by molar-refractivity contribution is 5.95. The Morgan fingerprint density at radius 1 is 1.17 bits per heavy atom. The van der Waals surface area contributed by atoms with Crippen molar-refractivity contribution in [2.24, 2.45) is 27.2 Å². The second-order valence-electron chi connectivity index (χ2n) is 3.35. The van der Waals surface area contributed by atoms with Gasteiger partial charge in [0.15, 0.2) is 23.4 Å². The zero-order valence-electron chi connectivity index (χ0n) is 9.45. The molecular formula is C10H11F2N5O. The molecule has 1 aromatic carbocycles. The number of Topliss-reactive ketones (excluding diaryl/α,β-unsaturated/α-hetero) is 1. The fraction of sp³-hybridized carbons (Fsp3) is 0.100. The van der Waals surface area contributed by atoms with Crippen molar-refractivity contribution in [3.63, 3.8) is 0 Å². The Kier molecular flexibility index (Phi) is 3.93. The highest BCUT2D eigenvalue weighted by atomic mass is 19.1. The first-order valence-corrected chi connectivity index (χ1v) is 4.75. The zero-order valence-corrected chi connectivity index (χ0v) is 9.45. The van der Waals surface area contributed by atoms with E-state index in [1.807, 2.05) is 0 Å². The highest BCUT2D eigenvalue weighted by Crippen LogP contribution is 2.24. The molecule has 0 fully saturated rings. The van der Waals surface area contributed by atoms with Crippen molar-refractivity contribution in [1.82, 2.24) is 0 Å². The fourth-order valence-electron chi connectivity index (χ4n) is 1.15. The Morgan fingerprint density at radius 2 is 1.67 bits per heavy atom. The summed E-state index contributed by atoms with van der Waals surface area (Å²) in [4.78, 5) is 17.7. The van der Waals surface area contributed by atoms with Crippen molar-refractivity contribution in [2.45, 2.75) is 6.92 Å². The molecule has 0 saturated heterocycles. The molecule has 0 heterocycles. The van der Waals surface area contributed by atoms with Gasteiger partial charge in [-0.3, -0.25) is 4.79 Å². The lowest BCUT2D eigenvalue weighted by Crippen LogP contribution is -2.26. The standard InChI is InChI=1S/C10H11F2N5O/c1-4(18)5-2-6(11)8(7(12)3-5)16-10(15)17-9(13)14/h2-3H,1H3,(H6,13,14,15,16,17). The van der Waals surface area contributed by atoms with Crippen LogP contribution in [0.5, 0.6) is 0 Å². The Bertz CT molecular complexity index is 526. The summed E-state index contributed by atoms with van der Waals surface area (Å²) in [5, 5.41) is 0. The van der Waals surface area contributed by atoms with Crippen LogP contribution in [0.25, 0.3) is 0 Å². The minimum absolute atomic E-state index is 0.107. The van der Waals surface area contributed by atoms with E-state index in [-0.39, 0.29) is 5.56 Å². The first-order valence-electron chi connectivity index (χ1n) is 4.75. The number of benzene rings is 1. The zero-order chi connectivity index (χ0) is 13.9. The summed E-state index contributed by atoms with van der Waals surface area (Å²) in [7, 11) is 0. The van der Waals surface area contributed by atoms with E-state index in [1.54, 1.807) is 0 Å². The first-order chi connectivity index (χ1) is 8.31. The second kappa shape index (κ2) is 5.21. The molecule has 0 amide bonds. The molecule has 0 saturated carbocycles. The molecule has 0 bridgehead atoms. The van der Waals surface area contributed by atoms with Crippen molar-refractivity contribution in [2.75, 3.05) is 0 Å². The van der Waals surface area contributed by atoms with E-state index in [4.69, 9.17) is 17.2 Å². The lowest BCUT2D eigenvalue weighted by molar-refractivity contribution is 0.101. The van der Waals surface area contributed by atoms with Gasteiger partial charge in [-0.05, 0) is 19.1 Å². The molecule has 0 aromatic heterocycles. The van der Waals surface area contributed by atoms with Gasteiger partial charge in [-0.1, -0.05) is 0 Å². The quantitative estimate of drug-likeness (QED) is 0.402. The number of carbonyl (C=O) groups is 1. The molecule has 96 valence electrons. The summed E-state index contributed by atoms with van der Waals surface area (Å²) in [6.45, 7) is 1.19. The highest BCUT2D eigenvalue weighted by Gasteiger charge is 2.13. The monoisotopic (exact) mass is 255 g/mol. The molecule has 0 spiro atoms. The molecule has 0 aliphatic rings. The number of nitrogens with two attached hydrogens (primary N) is 3. The molecule has 0 aliphatic carbocycles. The van der Waals surface area contributed by atoms with Gasteiger partial charge in [-0.15, -0.1) is 0 Å². The smallest absolute Gasteiger partial charge is 0.223 e. The van der Waals surface area contributed by atoms with Crippen LogP contribution in [0.15, 0.2) is 22.1 Å². The summed E-state index contributed by atoms with van der Waals surface area (Å²) in [5.41, 5.74) is 14.5. The number of hydrogen-bond donors (Lipinski definition) is 3. The van der Waals surface area contributed by atoms with E-state index < -0.39 is 35.0 Å². The van der Waals surface area contributed by atoms with Gasteiger partial charge in [0.05, 0.1) is 0 Å². The number of ketones is 1. The number of nitrogens with zero attached hydrogens (tertiary/aromatic N) is 2. The van der Waals surface area contributed by atoms with Crippen LogP contribution in [0.1, 0.15) is 17.3 Å². The number of halogens is 2. The van der Waals surface area contributed by atoms with Crippen LogP contribution >= 0.6 is 0 Å². The molecule has 18 heavy (non-hydrogen) atoms. The van der Waals surface area contributed by atoms with Gasteiger partial charge in [-0.25, -0.2) is 13.8 Å². The average Bonchev–Trinajstić information content (AvgIpc) is 2.21. The molecule has 6 nitrogen and oxygen atoms in total. The third kappa shape index (κ3) is 3.24. The van der Waals surface area contributed by atoms with Crippen LogP contribution in [0.3, 0.4) is 0 Å². The molecule has 0 radical (unpaired) electrons. The Morgan fingerprint density at radius 3 is 2.06 bits per heavy atom. The average molecular weight is 255 g/mol. The van der Waals surface area contributed by atoms with Gasteiger partial charge in [-0.2, -0.15) is 4.99 Å². The van der Waals surface area contributed by atoms with E-state index in [1.165, 1.54) is 6.92 Å². The third-order valence-electron chi connectivity index (χ3n) is 1.89. The molecule has 0 unspecified atom stereocenters. The summed E-state index contributed by atoms with van der Waals surface area (Å²) in [6, 6.07) is 1.71. The van der Waals surface area contributed by atoms with Gasteiger partial charge in [0.1, 0.15) is 5.69 Å². The van der Waals surface area contributed by atoms with Crippen LogP contribution in [-0.4, -0.2) is 17.7 Å². The Labute approximate surface area is 101 Å². The van der Waals surface area contributed by atoms with Crippen molar-refractivity contribution in [3.8, 4) is 0 Å². The van der Waals surface area contributed by atoms with E-state index in [2.05, 4.69) is 9.98 Å². The second-order valence-corrected chi connectivity index (χ2v) is 3.35. The lowest BCUT2D eigenvalue weighted by Gasteiger charge is -2.02. The summed E-state index contributed by atoms with van der Waals surface area (Å²) in [5.74, 6) is -3.43. The van der Waals surface area contributed by atoms with Crippen LogP contribution in [0.2, 0.25) is 0 Å². The van der Waals surface area contributed by atoms with Gasteiger partial charge < -0.3 is 17.2 Å². The van der Waals surface area contributed by atoms with Crippen LogP contribution in [0.4, 0.5) is 14.5 Å². The number of hydrogen-bond acceptors (Lipinski definition) is 2. The summed E-state index contributed by atoms with van der Waals surface area (Å²) < 4.78 is 27.0.